The van der Waals surface area contributed by atoms with Gasteiger partial charge < -0.3 is 24.4 Å². The van der Waals surface area contributed by atoms with Crippen molar-refractivity contribution >= 4 is 17.8 Å². The van der Waals surface area contributed by atoms with Gasteiger partial charge in [-0.15, -0.1) is 0 Å². The van der Waals surface area contributed by atoms with E-state index in [0.717, 1.165) is 22.4 Å². The number of methoxy groups -OCH3 is 3. The summed E-state index contributed by atoms with van der Waals surface area (Å²) >= 11 is 0. The van der Waals surface area contributed by atoms with Crippen LogP contribution >= 0.6 is 0 Å². The molecule has 0 saturated heterocycles. The van der Waals surface area contributed by atoms with E-state index in [1.165, 1.54) is 0 Å². The average molecular weight is 461 g/mol. The Balaban J connectivity index is 1.76. The number of nitrogens with one attached hydrogen (secondary N) is 1. The van der Waals surface area contributed by atoms with Crippen molar-refractivity contribution in [3.05, 3.63) is 89.5 Å². The first-order chi connectivity index (χ1) is 16.5. The molecule has 6 nitrogen and oxygen atoms in total. The third kappa shape index (κ3) is 7.04. The first kappa shape index (κ1) is 24.7. The fraction of sp³-hybridized carbons (Fsp3) is 0.250. The minimum atomic E-state index is -0.161. The standard InChI is InChI=1S/C28H32N2O4/c1-21(18-22-8-6-5-7-9-22)20-30(28(31)29-24-11-13-25(32-2)14-12-24)17-16-23-10-15-26(33-3)27(19-23)34-4/h5-15,18-19H,16-17,20H2,1-4H3,(H,29,31)/b21-18+. The number of hydrogen-bond donors (Lipinski definition) is 1. The lowest BCUT2D eigenvalue weighted by Crippen LogP contribution is -2.37. The van der Waals surface area contributed by atoms with Gasteiger partial charge in [-0.05, 0) is 60.9 Å². The number of carbonyl (C=O) groups excluding carboxylic acids is 1. The molecule has 0 radical (unpaired) electrons. The first-order valence-corrected chi connectivity index (χ1v) is 11.2. The second-order valence-corrected chi connectivity index (χ2v) is 7.92. The lowest BCUT2D eigenvalue weighted by Gasteiger charge is -2.24. The number of hydrogen-bond acceptors (Lipinski definition) is 4. The SMILES string of the molecule is COc1ccc(NC(=O)N(CCc2ccc(OC)c(OC)c2)C/C(C)=C/c2ccccc2)cc1. The van der Waals surface area contributed by atoms with Crippen LogP contribution in [0.1, 0.15) is 18.1 Å². The Kier molecular flexibility index (Phi) is 8.97. The van der Waals surface area contributed by atoms with Crippen molar-refractivity contribution in [3.8, 4) is 17.2 Å². The van der Waals surface area contributed by atoms with Gasteiger partial charge in [0, 0.05) is 18.8 Å². The fourth-order valence-electron chi connectivity index (χ4n) is 3.61. The van der Waals surface area contributed by atoms with Crippen molar-refractivity contribution in [2.45, 2.75) is 13.3 Å². The van der Waals surface area contributed by atoms with Crippen LogP contribution in [0.2, 0.25) is 0 Å². The van der Waals surface area contributed by atoms with Gasteiger partial charge in [0.15, 0.2) is 11.5 Å². The lowest BCUT2D eigenvalue weighted by molar-refractivity contribution is 0.216. The second kappa shape index (κ2) is 12.3. The monoisotopic (exact) mass is 460 g/mol. The molecule has 3 rings (SSSR count). The predicted molar refractivity (Wildman–Crippen MR) is 137 cm³/mol. The van der Waals surface area contributed by atoms with E-state index in [9.17, 15) is 4.79 Å². The molecular weight excluding hydrogens is 428 g/mol. The van der Waals surface area contributed by atoms with Crippen LogP contribution in [0.25, 0.3) is 6.08 Å². The molecule has 1 N–H and O–H groups in total. The quantitative estimate of drug-likeness (QED) is 0.410. The molecule has 0 unspecified atom stereocenters. The van der Waals surface area contributed by atoms with Crippen molar-refractivity contribution < 1.29 is 19.0 Å². The zero-order chi connectivity index (χ0) is 24.3. The van der Waals surface area contributed by atoms with Gasteiger partial charge in [0.25, 0.3) is 0 Å². The highest BCUT2D eigenvalue weighted by Crippen LogP contribution is 2.28. The third-order valence-corrected chi connectivity index (χ3v) is 5.40. The summed E-state index contributed by atoms with van der Waals surface area (Å²) in [7, 11) is 4.85. The zero-order valence-corrected chi connectivity index (χ0v) is 20.2. The van der Waals surface area contributed by atoms with E-state index in [2.05, 4.69) is 23.5 Å². The number of ether oxygens (including phenoxy) is 3. The molecule has 0 fully saturated rings. The Morgan fingerprint density at radius 1 is 0.882 bits per heavy atom. The molecule has 0 bridgehead atoms. The maximum atomic E-state index is 13.2. The summed E-state index contributed by atoms with van der Waals surface area (Å²) in [4.78, 5) is 15.0. The fourth-order valence-corrected chi connectivity index (χ4v) is 3.61. The van der Waals surface area contributed by atoms with Crippen molar-refractivity contribution in [2.75, 3.05) is 39.7 Å². The molecule has 178 valence electrons. The summed E-state index contributed by atoms with van der Waals surface area (Å²) in [6.07, 6.45) is 2.78. The molecule has 0 aliphatic heterocycles. The van der Waals surface area contributed by atoms with Gasteiger partial charge in [0.1, 0.15) is 5.75 Å². The highest BCUT2D eigenvalue weighted by molar-refractivity contribution is 5.89. The summed E-state index contributed by atoms with van der Waals surface area (Å²) in [5, 5.41) is 3.00. The normalized spacial score (nSPS) is 11.0. The Morgan fingerprint density at radius 2 is 1.59 bits per heavy atom. The Hall–Kier alpha value is -3.93. The smallest absolute Gasteiger partial charge is 0.322 e. The molecule has 6 heteroatoms. The van der Waals surface area contributed by atoms with Crippen LogP contribution in [0.4, 0.5) is 10.5 Å². The lowest BCUT2D eigenvalue weighted by atomic mass is 10.1. The van der Waals surface area contributed by atoms with Crippen LogP contribution in [-0.4, -0.2) is 45.3 Å². The largest absolute Gasteiger partial charge is 0.497 e. The molecule has 0 saturated carbocycles. The van der Waals surface area contributed by atoms with Crippen LogP contribution in [-0.2, 0) is 6.42 Å². The van der Waals surface area contributed by atoms with Crippen LogP contribution in [0, 0.1) is 0 Å². The molecule has 2 amide bonds. The van der Waals surface area contributed by atoms with Gasteiger partial charge in [-0.2, -0.15) is 0 Å². The summed E-state index contributed by atoms with van der Waals surface area (Å²) in [6.45, 7) is 3.08. The maximum absolute atomic E-state index is 13.2. The van der Waals surface area contributed by atoms with Gasteiger partial charge in [0.2, 0.25) is 0 Å². The summed E-state index contributed by atoms with van der Waals surface area (Å²) < 4.78 is 16.0. The van der Waals surface area contributed by atoms with Crippen molar-refractivity contribution in [1.29, 1.82) is 0 Å². The Bertz CT molecular complexity index is 1100. The molecule has 0 spiro atoms. The number of carbonyl (C=O) groups is 1. The van der Waals surface area contributed by atoms with Crippen LogP contribution in [0.5, 0.6) is 17.2 Å². The van der Waals surface area contributed by atoms with E-state index in [1.54, 1.807) is 21.3 Å². The number of nitrogens with zero attached hydrogens (tertiary/aromatic N) is 1. The molecule has 3 aromatic rings. The molecule has 3 aromatic carbocycles. The van der Waals surface area contributed by atoms with Gasteiger partial charge >= 0.3 is 6.03 Å². The predicted octanol–water partition coefficient (Wildman–Crippen LogP) is 5.89. The van der Waals surface area contributed by atoms with Crippen LogP contribution in [0.3, 0.4) is 0 Å². The highest BCUT2D eigenvalue weighted by Gasteiger charge is 2.15. The number of rotatable bonds is 10. The topological polar surface area (TPSA) is 60.0 Å². The van der Waals surface area contributed by atoms with Gasteiger partial charge in [0.05, 0.1) is 21.3 Å². The highest BCUT2D eigenvalue weighted by atomic mass is 16.5. The minimum Gasteiger partial charge on any atom is -0.497 e. The van der Waals surface area contributed by atoms with Gasteiger partial charge in [-0.3, -0.25) is 0 Å². The number of amides is 2. The van der Waals surface area contributed by atoms with E-state index in [4.69, 9.17) is 14.2 Å². The first-order valence-electron chi connectivity index (χ1n) is 11.2. The van der Waals surface area contributed by atoms with Crippen molar-refractivity contribution in [3.63, 3.8) is 0 Å². The summed E-state index contributed by atoms with van der Waals surface area (Å²) in [6, 6.07) is 23.1. The second-order valence-electron chi connectivity index (χ2n) is 7.92. The zero-order valence-electron chi connectivity index (χ0n) is 20.2. The van der Waals surface area contributed by atoms with Gasteiger partial charge in [-0.1, -0.05) is 48.0 Å². The van der Waals surface area contributed by atoms with Crippen molar-refractivity contribution in [2.24, 2.45) is 0 Å². The van der Waals surface area contributed by atoms with Crippen LogP contribution < -0.4 is 19.5 Å². The third-order valence-electron chi connectivity index (χ3n) is 5.40. The Morgan fingerprint density at radius 3 is 2.24 bits per heavy atom. The molecule has 34 heavy (non-hydrogen) atoms. The van der Waals surface area contributed by atoms with E-state index in [1.807, 2.05) is 72.5 Å². The molecule has 0 aliphatic rings. The molecular formula is C28H32N2O4. The van der Waals surface area contributed by atoms with E-state index in [0.29, 0.717) is 36.7 Å². The number of anilines is 1. The minimum absolute atomic E-state index is 0.161. The van der Waals surface area contributed by atoms with E-state index >= 15 is 0 Å². The molecule has 0 aromatic heterocycles. The van der Waals surface area contributed by atoms with E-state index < -0.39 is 0 Å². The average Bonchev–Trinajstić information content (AvgIpc) is 2.87. The summed E-state index contributed by atoms with van der Waals surface area (Å²) in [5.74, 6) is 2.10. The maximum Gasteiger partial charge on any atom is 0.322 e. The van der Waals surface area contributed by atoms with Crippen LogP contribution in [0.15, 0.2) is 78.4 Å². The molecule has 0 atom stereocenters. The van der Waals surface area contributed by atoms with E-state index in [-0.39, 0.29) is 6.03 Å². The number of benzene rings is 3. The Labute approximate surface area is 201 Å². The molecule has 0 heterocycles. The summed E-state index contributed by atoms with van der Waals surface area (Å²) in [5.41, 5.74) is 3.97. The number of urea groups is 1. The van der Waals surface area contributed by atoms with Crippen molar-refractivity contribution in [1.82, 2.24) is 4.90 Å². The molecule has 0 aliphatic carbocycles. The van der Waals surface area contributed by atoms with Gasteiger partial charge in [-0.25, -0.2) is 4.79 Å².